The van der Waals surface area contributed by atoms with Gasteiger partial charge in [0.25, 0.3) is 0 Å². The van der Waals surface area contributed by atoms with Gasteiger partial charge in [-0.15, -0.1) is 0 Å². The molecule has 3 aliphatic carbocycles. The number of hydrogen-bond donors (Lipinski definition) is 0. The predicted molar refractivity (Wildman–Crippen MR) is 64.5 cm³/mol. The van der Waals surface area contributed by atoms with Crippen LogP contribution in [0, 0.1) is 35.0 Å². The molecule has 0 aliphatic heterocycles. The molecule has 0 heterocycles. The van der Waals surface area contributed by atoms with Crippen LogP contribution < -0.4 is 0 Å². The highest BCUT2D eigenvalue weighted by Crippen LogP contribution is 2.70. The lowest BCUT2D eigenvalue weighted by atomic mass is 9.80. The molecule has 3 aliphatic rings. The summed E-state index contributed by atoms with van der Waals surface area (Å²) in [7, 11) is 0. The van der Waals surface area contributed by atoms with E-state index in [-0.39, 0.29) is 0 Å². The van der Waals surface area contributed by atoms with Crippen LogP contribution in [0.2, 0.25) is 0 Å². The van der Waals surface area contributed by atoms with Crippen molar-refractivity contribution < 1.29 is 0 Å². The second kappa shape index (κ2) is 2.90. The molecule has 3 saturated carbocycles. The number of hydrogen-bond acceptors (Lipinski definition) is 0. The third kappa shape index (κ3) is 1.20. The summed E-state index contributed by atoms with van der Waals surface area (Å²) in [5.74, 6) is 4.87. The molecule has 0 aromatic carbocycles. The minimum atomic E-state index is 0.655. The standard InChI is InChI=1S/C15H24/c1-9-6-8-12-14(15(12,3)4)13-10(2)5-7-11(9)13/h10-14H,1,5-8H2,2-4H3/t10-,11?,12-,13?,14-/m0/s1. The second-order valence-corrected chi connectivity index (χ2v) is 6.89. The van der Waals surface area contributed by atoms with Crippen LogP contribution >= 0.6 is 0 Å². The van der Waals surface area contributed by atoms with Crippen molar-refractivity contribution in [3.8, 4) is 0 Å². The van der Waals surface area contributed by atoms with E-state index in [0.717, 1.165) is 29.6 Å². The number of allylic oxidation sites excluding steroid dienone is 1. The fraction of sp³-hybridized carbons (Fsp3) is 0.867. The fourth-order valence-corrected chi connectivity index (χ4v) is 4.93. The van der Waals surface area contributed by atoms with Gasteiger partial charge in [-0.2, -0.15) is 0 Å². The Kier molecular flexibility index (Phi) is 1.92. The first-order valence-electron chi connectivity index (χ1n) is 6.71. The Balaban J connectivity index is 1.93. The lowest BCUT2D eigenvalue weighted by Crippen LogP contribution is -2.18. The van der Waals surface area contributed by atoms with Crippen molar-refractivity contribution in [1.29, 1.82) is 0 Å². The summed E-state index contributed by atoms with van der Waals surface area (Å²) in [6.45, 7) is 11.8. The van der Waals surface area contributed by atoms with Crippen molar-refractivity contribution in [3.63, 3.8) is 0 Å². The molecular weight excluding hydrogens is 180 g/mol. The summed E-state index contributed by atoms with van der Waals surface area (Å²) < 4.78 is 0. The molecular formula is C15H24. The molecule has 0 spiro atoms. The van der Waals surface area contributed by atoms with E-state index in [9.17, 15) is 0 Å². The van der Waals surface area contributed by atoms with Gasteiger partial charge in [-0.1, -0.05) is 32.9 Å². The minimum Gasteiger partial charge on any atom is -0.0996 e. The third-order valence-corrected chi connectivity index (χ3v) is 5.91. The first-order chi connectivity index (χ1) is 7.03. The molecule has 0 bridgehead atoms. The molecule has 3 rings (SSSR count). The highest BCUT2D eigenvalue weighted by molar-refractivity contribution is 5.20. The number of rotatable bonds is 0. The van der Waals surface area contributed by atoms with Crippen LogP contribution in [0.1, 0.15) is 46.5 Å². The predicted octanol–water partition coefficient (Wildman–Crippen LogP) is 4.27. The van der Waals surface area contributed by atoms with Gasteiger partial charge in [0.1, 0.15) is 0 Å². The van der Waals surface area contributed by atoms with Crippen LogP contribution in [0.4, 0.5) is 0 Å². The van der Waals surface area contributed by atoms with Crippen molar-refractivity contribution in [2.24, 2.45) is 35.0 Å². The second-order valence-electron chi connectivity index (χ2n) is 6.89. The smallest absolute Gasteiger partial charge is 0.0172 e. The van der Waals surface area contributed by atoms with Crippen molar-refractivity contribution in [2.45, 2.75) is 46.5 Å². The molecule has 0 radical (unpaired) electrons. The van der Waals surface area contributed by atoms with E-state index in [1.165, 1.54) is 25.7 Å². The Morgan fingerprint density at radius 3 is 2.67 bits per heavy atom. The van der Waals surface area contributed by atoms with Crippen molar-refractivity contribution in [3.05, 3.63) is 12.2 Å². The molecule has 5 atom stereocenters. The van der Waals surface area contributed by atoms with E-state index >= 15 is 0 Å². The van der Waals surface area contributed by atoms with E-state index in [1.54, 1.807) is 5.57 Å². The number of fused-ring (bicyclic) bond motifs is 3. The summed E-state index contributed by atoms with van der Waals surface area (Å²) in [5, 5.41) is 0. The van der Waals surface area contributed by atoms with Gasteiger partial charge in [0, 0.05) is 0 Å². The Labute approximate surface area is 94.1 Å². The summed E-state index contributed by atoms with van der Waals surface area (Å²) in [5.41, 5.74) is 2.25. The van der Waals surface area contributed by atoms with Crippen LogP contribution in [0.15, 0.2) is 12.2 Å². The van der Waals surface area contributed by atoms with Crippen LogP contribution in [0.5, 0.6) is 0 Å². The van der Waals surface area contributed by atoms with E-state index in [4.69, 9.17) is 0 Å². The van der Waals surface area contributed by atoms with Crippen molar-refractivity contribution >= 4 is 0 Å². The summed E-state index contributed by atoms with van der Waals surface area (Å²) in [4.78, 5) is 0. The molecule has 0 aromatic rings. The first-order valence-corrected chi connectivity index (χ1v) is 6.71. The quantitative estimate of drug-likeness (QED) is 0.517. The maximum atomic E-state index is 4.35. The average molecular weight is 204 g/mol. The fourth-order valence-electron chi connectivity index (χ4n) is 4.93. The van der Waals surface area contributed by atoms with E-state index in [2.05, 4.69) is 27.4 Å². The molecule has 2 unspecified atom stereocenters. The highest BCUT2D eigenvalue weighted by Gasteiger charge is 2.64. The van der Waals surface area contributed by atoms with Crippen molar-refractivity contribution in [2.75, 3.05) is 0 Å². The normalized spacial score (nSPS) is 51.9. The largest absolute Gasteiger partial charge is 0.0996 e. The van der Waals surface area contributed by atoms with Gasteiger partial charge in [-0.3, -0.25) is 0 Å². The maximum absolute atomic E-state index is 4.35. The molecule has 0 heteroatoms. The Hall–Kier alpha value is -0.260. The monoisotopic (exact) mass is 204 g/mol. The maximum Gasteiger partial charge on any atom is -0.0172 e. The van der Waals surface area contributed by atoms with Crippen LogP contribution in [-0.2, 0) is 0 Å². The Bertz CT molecular complexity index is 299. The van der Waals surface area contributed by atoms with Gasteiger partial charge < -0.3 is 0 Å². The summed E-state index contributed by atoms with van der Waals surface area (Å²) in [6.07, 6.45) is 5.63. The van der Waals surface area contributed by atoms with Crippen LogP contribution in [0.3, 0.4) is 0 Å². The van der Waals surface area contributed by atoms with E-state index in [1.807, 2.05) is 0 Å². The average Bonchev–Trinajstić information content (AvgIpc) is 2.55. The van der Waals surface area contributed by atoms with Gasteiger partial charge in [0.15, 0.2) is 0 Å². The topological polar surface area (TPSA) is 0 Å². The van der Waals surface area contributed by atoms with Gasteiger partial charge in [0.2, 0.25) is 0 Å². The molecule has 0 nitrogen and oxygen atoms in total. The lowest BCUT2D eigenvalue weighted by Gasteiger charge is -2.25. The van der Waals surface area contributed by atoms with Crippen LogP contribution in [-0.4, -0.2) is 0 Å². The molecule has 3 fully saturated rings. The molecule has 0 aromatic heterocycles. The Morgan fingerprint density at radius 1 is 1.20 bits per heavy atom. The van der Waals surface area contributed by atoms with Gasteiger partial charge in [0.05, 0.1) is 0 Å². The van der Waals surface area contributed by atoms with Gasteiger partial charge >= 0.3 is 0 Å². The van der Waals surface area contributed by atoms with Gasteiger partial charge in [-0.25, -0.2) is 0 Å². The SMILES string of the molecule is C=C1CC[C@H]2[C@@H](C3C1CC[C@@H]3C)C2(C)C. The zero-order valence-electron chi connectivity index (χ0n) is 10.4. The van der Waals surface area contributed by atoms with Crippen molar-refractivity contribution in [1.82, 2.24) is 0 Å². The molecule has 0 saturated heterocycles. The third-order valence-electron chi connectivity index (χ3n) is 5.91. The molecule has 15 heavy (non-hydrogen) atoms. The highest BCUT2D eigenvalue weighted by atomic mass is 14.7. The van der Waals surface area contributed by atoms with Gasteiger partial charge in [-0.05, 0) is 60.7 Å². The zero-order chi connectivity index (χ0) is 10.8. The van der Waals surface area contributed by atoms with E-state index in [0.29, 0.717) is 5.41 Å². The van der Waals surface area contributed by atoms with E-state index < -0.39 is 0 Å². The van der Waals surface area contributed by atoms with Crippen LogP contribution in [0.25, 0.3) is 0 Å². The molecule has 0 N–H and O–H groups in total. The summed E-state index contributed by atoms with van der Waals surface area (Å²) in [6, 6.07) is 0. The first kappa shape index (κ1) is 9.93. The lowest BCUT2D eigenvalue weighted by molar-refractivity contribution is 0.280. The Morgan fingerprint density at radius 2 is 1.93 bits per heavy atom. The zero-order valence-corrected chi connectivity index (χ0v) is 10.4. The summed E-state index contributed by atoms with van der Waals surface area (Å²) >= 11 is 0. The molecule has 84 valence electrons. The molecule has 0 amide bonds. The minimum absolute atomic E-state index is 0.655.